The van der Waals surface area contributed by atoms with Gasteiger partial charge in [-0.1, -0.05) is 60.7 Å². The van der Waals surface area contributed by atoms with Crippen LogP contribution in [0.15, 0.2) is 91.0 Å². The number of allylic oxidation sites excluding steroid dienone is 2. The van der Waals surface area contributed by atoms with Crippen LogP contribution in [0.4, 0.5) is 5.69 Å². The first-order chi connectivity index (χ1) is 16.1. The number of fused-ring (bicyclic) bond motifs is 5. The summed E-state index contributed by atoms with van der Waals surface area (Å²) in [6, 6.07) is 23.8. The van der Waals surface area contributed by atoms with Crippen LogP contribution in [-0.2, 0) is 9.59 Å². The van der Waals surface area contributed by atoms with Gasteiger partial charge >= 0.3 is 5.97 Å². The highest BCUT2D eigenvalue weighted by atomic mass is 16.5. The van der Waals surface area contributed by atoms with E-state index in [9.17, 15) is 14.4 Å². The number of rotatable bonds is 4. The van der Waals surface area contributed by atoms with Crippen LogP contribution in [0.1, 0.15) is 16.8 Å². The molecule has 1 saturated carbocycles. The Morgan fingerprint density at radius 3 is 2.06 bits per heavy atom. The number of nitrogens with zero attached hydrogens (tertiary/aromatic N) is 1. The lowest BCUT2D eigenvalue weighted by Crippen LogP contribution is -2.33. The summed E-state index contributed by atoms with van der Waals surface area (Å²) in [7, 11) is 0. The van der Waals surface area contributed by atoms with Crippen molar-refractivity contribution in [2.75, 3.05) is 4.90 Å². The zero-order valence-electron chi connectivity index (χ0n) is 17.8. The van der Waals surface area contributed by atoms with Crippen molar-refractivity contribution in [2.45, 2.75) is 6.42 Å². The smallest absolute Gasteiger partial charge is 0.343 e. The van der Waals surface area contributed by atoms with Gasteiger partial charge in [0.15, 0.2) is 0 Å². The molecule has 5 nitrogen and oxygen atoms in total. The number of imide groups is 1. The van der Waals surface area contributed by atoms with Gasteiger partial charge in [0.2, 0.25) is 11.8 Å². The Morgan fingerprint density at radius 2 is 1.39 bits per heavy atom. The van der Waals surface area contributed by atoms with Crippen molar-refractivity contribution in [3.63, 3.8) is 0 Å². The van der Waals surface area contributed by atoms with Crippen molar-refractivity contribution in [3.05, 3.63) is 96.6 Å². The van der Waals surface area contributed by atoms with E-state index in [1.54, 1.807) is 36.4 Å². The molecule has 0 aromatic heterocycles. The molecule has 3 aliphatic rings. The zero-order valence-corrected chi connectivity index (χ0v) is 17.8. The van der Waals surface area contributed by atoms with E-state index in [0.717, 1.165) is 17.5 Å². The lowest BCUT2D eigenvalue weighted by atomic mass is 9.85. The third-order valence-corrected chi connectivity index (χ3v) is 6.98. The van der Waals surface area contributed by atoms with Gasteiger partial charge in [0.1, 0.15) is 5.75 Å². The first kappa shape index (κ1) is 19.7. The first-order valence-electron chi connectivity index (χ1n) is 11.1. The summed E-state index contributed by atoms with van der Waals surface area (Å²) in [4.78, 5) is 40.2. The molecule has 3 aromatic rings. The van der Waals surface area contributed by atoms with Gasteiger partial charge in [0.25, 0.3) is 0 Å². The molecule has 3 aromatic carbocycles. The maximum absolute atomic E-state index is 13.1. The van der Waals surface area contributed by atoms with Gasteiger partial charge in [0.05, 0.1) is 23.1 Å². The van der Waals surface area contributed by atoms with E-state index in [0.29, 0.717) is 17.0 Å². The maximum atomic E-state index is 13.1. The van der Waals surface area contributed by atoms with Crippen LogP contribution in [0.5, 0.6) is 5.75 Å². The van der Waals surface area contributed by atoms with Crippen molar-refractivity contribution in [1.82, 2.24) is 0 Å². The quantitative estimate of drug-likeness (QED) is 0.254. The Labute approximate surface area is 191 Å². The molecule has 0 spiro atoms. The van der Waals surface area contributed by atoms with Crippen molar-refractivity contribution in [3.8, 4) is 16.9 Å². The topological polar surface area (TPSA) is 63.7 Å². The van der Waals surface area contributed by atoms with E-state index < -0.39 is 5.97 Å². The highest BCUT2D eigenvalue weighted by Crippen LogP contribution is 2.53. The second-order valence-corrected chi connectivity index (χ2v) is 8.84. The van der Waals surface area contributed by atoms with Crippen LogP contribution in [0.2, 0.25) is 0 Å². The van der Waals surface area contributed by atoms with Crippen molar-refractivity contribution in [2.24, 2.45) is 23.7 Å². The summed E-state index contributed by atoms with van der Waals surface area (Å²) in [6.45, 7) is 0. The van der Waals surface area contributed by atoms with Gasteiger partial charge in [0, 0.05) is 0 Å². The van der Waals surface area contributed by atoms with E-state index in [2.05, 4.69) is 12.2 Å². The summed E-state index contributed by atoms with van der Waals surface area (Å²) in [5.74, 6) is -0.687. The van der Waals surface area contributed by atoms with Crippen molar-refractivity contribution in [1.29, 1.82) is 0 Å². The minimum atomic E-state index is -0.537. The summed E-state index contributed by atoms with van der Waals surface area (Å²) < 4.78 is 5.54. The van der Waals surface area contributed by atoms with E-state index >= 15 is 0 Å². The number of amides is 2. The molecule has 0 radical (unpaired) electrons. The lowest BCUT2D eigenvalue weighted by Gasteiger charge is -2.18. The first-order valence-corrected chi connectivity index (χ1v) is 11.1. The second-order valence-electron chi connectivity index (χ2n) is 8.84. The van der Waals surface area contributed by atoms with Crippen molar-refractivity contribution < 1.29 is 19.1 Å². The fourth-order valence-electron chi connectivity index (χ4n) is 5.44. The molecule has 1 heterocycles. The van der Waals surface area contributed by atoms with Crippen LogP contribution in [0.3, 0.4) is 0 Å². The molecule has 2 aliphatic carbocycles. The number of carbonyl (C=O) groups is 3. The van der Waals surface area contributed by atoms with Gasteiger partial charge in [-0.3, -0.25) is 9.59 Å². The molecule has 6 rings (SSSR count). The Balaban J connectivity index is 1.20. The van der Waals surface area contributed by atoms with Gasteiger partial charge in [-0.2, -0.15) is 0 Å². The number of benzene rings is 3. The van der Waals surface area contributed by atoms with Gasteiger partial charge in [-0.05, 0) is 59.7 Å². The van der Waals surface area contributed by atoms with E-state index in [-0.39, 0.29) is 35.5 Å². The number of ether oxygens (including phenoxy) is 1. The summed E-state index contributed by atoms with van der Waals surface area (Å²) in [5, 5.41) is 0. The largest absolute Gasteiger partial charge is 0.423 e. The predicted octanol–water partition coefficient (Wildman–Crippen LogP) is 4.88. The number of anilines is 1. The Bertz CT molecular complexity index is 1260. The lowest BCUT2D eigenvalue weighted by molar-refractivity contribution is -0.123. The molecule has 0 N–H and O–H groups in total. The Hall–Kier alpha value is -3.99. The standard InChI is InChI=1S/C28H21NO4/c30-26-24-19-9-10-20(15-19)25(24)27(31)29(26)22-8-4-7-21(16-22)28(32)33-23-13-11-18(12-14-23)17-5-2-1-3-6-17/h1-14,16,19-20,24-25H,15H2/t19-,20-,24+,25+/m0/s1. The van der Waals surface area contributed by atoms with Crippen LogP contribution >= 0.6 is 0 Å². The Morgan fingerprint density at radius 1 is 0.758 bits per heavy atom. The van der Waals surface area contributed by atoms with Gasteiger partial charge in [-0.15, -0.1) is 0 Å². The Kier molecular flexibility index (Phi) is 4.50. The molecule has 4 atom stereocenters. The second kappa shape index (κ2) is 7.55. The number of carbonyl (C=O) groups excluding carboxylic acids is 3. The van der Waals surface area contributed by atoms with Gasteiger partial charge < -0.3 is 4.74 Å². The highest BCUT2D eigenvalue weighted by molar-refractivity contribution is 6.23. The summed E-state index contributed by atoms with van der Waals surface area (Å²) >= 11 is 0. The SMILES string of the molecule is O=C(Oc1ccc(-c2ccccc2)cc1)c1cccc(N2C(=O)[C@H]3[C@H](C2=O)[C@H]2C=C[C@H]3C2)c1. The van der Waals surface area contributed by atoms with Crippen LogP contribution in [0.25, 0.3) is 11.1 Å². The van der Waals surface area contributed by atoms with Crippen LogP contribution in [0, 0.1) is 23.7 Å². The molecule has 2 bridgehead atoms. The minimum absolute atomic E-state index is 0.147. The maximum Gasteiger partial charge on any atom is 0.343 e. The summed E-state index contributed by atoms with van der Waals surface area (Å²) in [6.07, 6.45) is 5.02. The third-order valence-electron chi connectivity index (χ3n) is 6.98. The number of hydrogen-bond donors (Lipinski definition) is 0. The fourth-order valence-corrected chi connectivity index (χ4v) is 5.44. The minimum Gasteiger partial charge on any atom is -0.423 e. The van der Waals surface area contributed by atoms with E-state index in [1.165, 1.54) is 4.90 Å². The molecular formula is C28H21NO4. The summed E-state index contributed by atoms with van der Waals surface area (Å²) in [5.41, 5.74) is 2.82. The molecule has 2 amide bonds. The monoisotopic (exact) mass is 435 g/mol. The molecule has 0 unspecified atom stereocenters. The average Bonchev–Trinajstić information content (AvgIpc) is 3.54. The van der Waals surface area contributed by atoms with Crippen LogP contribution in [-0.4, -0.2) is 17.8 Å². The number of hydrogen-bond acceptors (Lipinski definition) is 4. The predicted molar refractivity (Wildman–Crippen MR) is 123 cm³/mol. The third kappa shape index (κ3) is 3.20. The molecule has 2 fully saturated rings. The van der Waals surface area contributed by atoms with Gasteiger partial charge in [-0.25, -0.2) is 9.69 Å². The molecule has 162 valence electrons. The fraction of sp³-hybridized carbons (Fsp3) is 0.179. The molecular weight excluding hydrogens is 414 g/mol. The highest BCUT2D eigenvalue weighted by Gasteiger charge is 2.59. The van der Waals surface area contributed by atoms with Crippen LogP contribution < -0.4 is 9.64 Å². The molecule has 1 saturated heterocycles. The van der Waals surface area contributed by atoms with Crippen molar-refractivity contribution >= 4 is 23.5 Å². The molecule has 33 heavy (non-hydrogen) atoms. The normalized spacial score (nSPS) is 24.9. The molecule has 1 aliphatic heterocycles. The van der Waals surface area contributed by atoms with E-state index in [1.807, 2.05) is 42.5 Å². The average molecular weight is 435 g/mol. The van der Waals surface area contributed by atoms with E-state index in [4.69, 9.17) is 4.74 Å². The zero-order chi connectivity index (χ0) is 22.5. The molecule has 5 heteroatoms. The number of esters is 1.